The molecular weight excluding hydrogens is 288 g/mol. The molecule has 1 amide bonds. The highest BCUT2D eigenvalue weighted by atomic mass is 16.1. The Bertz CT molecular complexity index is 659. The molecular formula is C18H24N4O. The molecule has 1 N–H and O–H groups in total. The molecule has 23 heavy (non-hydrogen) atoms. The van der Waals surface area contributed by atoms with Crippen molar-refractivity contribution < 1.29 is 4.79 Å². The summed E-state index contributed by atoms with van der Waals surface area (Å²) in [6.07, 6.45) is 7.86. The van der Waals surface area contributed by atoms with Crippen LogP contribution in [0.1, 0.15) is 29.6 Å². The molecule has 5 nitrogen and oxygen atoms in total. The van der Waals surface area contributed by atoms with Crippen molar-refractivity contribution in [3.05, 3.63) is 42.2 Å². The Balaban J connectivity index is 1.70. The molecule has 0 saturated carbocycles. The third-order valence-electron chi connectivity index (χ3n) is 4.44. The zero-order valence-electron chi connectivity index (χ0n) is 13.7. The van der Waals surface area contributed by atoms with E-state index in [-0.39, 0.29) is 5.91 Å². The molecule has 1 aliphatic heterocycles. The quantitative estimate of drug-likeness (QED) is 0.922. The van der Waals surface area contributed by atoms with Gasteiger partial charge in [0.05, 0.1) is 12.7 Å². The van der Waals surface area contributed by atoms with Gasteiger partial charge in [-0.2, -0.15) is 5.10 Å². The van der Waals surface area contributed by atoms with Gasteiger partial charge < -0.3 is 10.2 Å². The molecule has 0 atom stereocenters. The Labute approximate surface area is 137 Å². The van der Waals surface area contributed by atoms with Crippen LogP contribution in [0.2, 0.25) is 0 Å². The van der Waals surface area contributed by atoms with Crippen molar-refractivity contribution in [2.24, 2.45) is 0 Å². The molecule has 0 spiro atoms. The second-order valence-corrected chi connectivity index (χ2v) is 6.02. The molecule has 1 aliphatic rings. The highest BCUT2D eigenvalue weighted by Crippen LogP contribution is 2.23. The summed E-state index contributed by atoms with van der Waals surface area (Å²) in [6, 6.07) is 7.65. The van der Waals surface area contributed by atoms with E-state index < -0.39 is 0 Å². The van der Waals surface area contributed by atoms with E-state index in [1.54, 1.807) is 7.05 Å². The second kappa shape index (κ2) is 7.42. The zero-order chi connectivity index (χ0) is 16.1. The van der Waals surface area contributed by atoms with E-state index >= 15 is 0 Å². The predicted molar refractivity (Wildman–Crippen MR) is 91.3 cm³/mol. The van der Waals surface area contributed by atoms with Gasteiger partial charge >= 0.3 is 0 Å². The van der Waals surface area contributed by atoms with E-state index in [4.69, 9.17) is 0 Å². The molecule has 0 aliphatic carbocycles. The SMILES string of the molecule is CNC(=O)c1ccccc1-c1cnn(CCN2CCCCC2)c1. The number of hydrogen-bond acceptors (Lipinski definition) is 3. The lowest BCUT2D eigenvalue weighted by Gasteiger charge is -2.26. The third-order valence-corrected chi connectivity index (χ3v) is 4.44. The molecule has 122 valence electrons. The molecule has 0 bridgehead atoms. The normalized spacial score (nSPS) is 15.5. The number of carbonyl (C=O) groups excluding carboxylic acids is 1. The van der Waals surface area contributed by atoms with Crippen molar-refractivity contribution in [1.82, 2.24) is 20.0 Å². The van der Waals surface area contributed by atoms with Crippen LogP contribution in [0.3, 0.4) is 0 Å². The maximum absolute atomic E-state index is 12.0. The summed E-state index contributed by atoms with van der Waals surface area (Å²) in [5, 5.41) is 7.16. The van der Waals surface area contributed by atoms with Crippen molar-refractivity contribution in [1.29, 1.82) is 0 Å². The molecule has 2 aromatic rings. The Morgan fingerprint density at radius 1 is 1.17 bits per heavy atom. The van der Waals surface area contributed by atoms with Crippen LogP contribution in [0.25, 0.3) is 11.1 Å². The number of carbonyl (C=O) groups is 1. The van der Waals surface area contributed by atoms with E-state index in [0.717, 1.165) is 24.2 Å². The molecule has 0 radical (unpaired) electrons. The minimum atomic E-state index is -0.0679. The summed E-state index contributed by atoms with van der Waals surface area (Å²) in [5.41, 5.74) is 2.60. The van der Waals surface area contributed by atoms with Gasteiger partial charge in [-0.05, 0) is 37.6 Å². The molecule has 5 heteroatoms. The van der Waals surface area contributed by atoms with Crippen LogP contribution in [-0.2, 0) is 6.54 Å². The monoisotopic (exact) mass is 312 g/mol. The second-order valence-electron chi connectivity index (χ2n) is 6.02. The van der Waals surface area contributed by atoms with Crippen molar-refractivity contribution in [2.45, 2.75) is 25.8 Å². The Morgan fingerprint density at radius 2 is 1.96 bits per heavy atom. The number of piperidine rings is 1. The number of aromatic nitrogens is 2. The molecule has 1 aromatic heterocycles. The topological polar surface area (TPSA) is 50.2 Å². The first-order chi connectivity index (χ1) is 11.3. The fourth-order valence-corrected chi connectivity index (χ4v) is 3.12. The largest absolute Gasteiger partial charge is 0.355 e. The first kappa shape index (κ1) is 15.7. The number of rotatable bonds is 5. The van der Waals surface area contributed by atoms with E-state index in [1.165, 1.54) is 32.4 Å². The maximum Gasteiger partial charge on any atom is 0.251 e. The van der Waals surface area contributed by atoms with Crippen LogP contribution in [0, 0.1) is 0 Å². The summed E-state index contributed by atoms with van der Waals surface area (Å²) in [4.78, 5) is 14.5. The summed E-state index contributed by atoms with van der Waals surface area (Å²) >= 11 is 0. The maximum atomic E-state index is 12.0. The van der Waals surface area contributed by atoms with Crippen LogP contribution in [0.15, 0.2) is 36.7 Å². The van der Waals surface area contributed by atoms with Gasteiger partial charge in [0.25, 0.3) is 5.91 Å². The van der Waals surface area contributed by atoms with Crippen molar-refractivity contribution in [2.75, 3.05) is 26.7 Å². The summed E-state index contributed by atoms with van der Waals surface area (Å²) < 4.78 is 1.98. The van der Waals surface area contributed by atoms with Crippen LogP contribution in [-0.4, -0.2) is 47.3 Å². The van der Waals surface area contributed by atoms with Crippen LogP contribution in [0.4, 0.5) is 0 Å². The third kappa shape index (κ3) is 3.79. The van der Waals surface area contributed by atoms with E-state index in [9.17, 15) is 4.79 Å². The van der Waals surface area contributed by atoms with E-state index in [2.05, 4.69) is 15.3 Å². The highest BCUT2D eigenvalue weighted by Gasteiger charge is 2.13. The van der Waals surface area contributed by atoms with Crippen LogP contribution < -0.4 is 5.32 Å². The van der Waals surface area contributed by atoms with Gasteiger partial charge in [-0.25, -0.2) is 0 Å². The molecule has 1 aromatic carbocycles. The Hall–Kier alpha value is -2.14. The number of hydrogen-bond donors (Lipinski definition) is 1. The van der Waals surface area contributed by atoms with Gasteiger partial charge in [-0.3, -0.25) is 9.48 Å². The standard InChI is InChI=1S/C18H24N4O/c1-19-18(23)17-8-4-3-7-16(17)15-13-20-22(14-15)12-11-21-9-5-2-6-10-21/h3-4,7-8,13-14H,2,5-6,9-12H2,1H3,(H,19,23). The van der Waals surface area contributed by atoms with Crippen molar-refractivity contribution >= 4 is 5.91 Å². The minimum absolute atomic E-state index is 0.0679. The highest BCUT2D eigenvalue weighted by molar-refractivity contribution is 6.00. The number of benzene rings is 1. The van der Waals surface area contributed by atoms with E-state index in [0.29, 0.717) is 5.56 Å². The van der Waals surface area contributed by atoms with Crippen LogP contribution in [0.5, 0.6) is 0 Å². The number of nitrogens with zero attached hydrogens (tertiary/aromatic N) is 3. The minimum Gasteiger partial charge on any atom is -0.355 e. The lowest BCUT2D eigenvalue weighted by molar-refractivity contribution is 0.0963. The Morgan fingerprint density at radius 3 is 2.74 bits per heavy atom. The first-order valence-corrected chi connectivity index (χ1v) is 8.34. The fraction of sp³-hybridized carbons (Fsp3) is 0.444. The van der Waals surface area contributed by atoms with Gasteiger partial charge in [0, 0.05) is 30.9 Å². The lowest BCUT2D eigenvalue weighted by atomic mass is 10.0. The van der Waals surface area contributed by atoms with Crippen molar-refractivity contribution in [3.63, 3.8) is 0 Å². The average molecular weight is 312 g/mol. The molecule has 3 rings (SSSR count). The van der Waals surface area contributed by atoms with Gasteiger partial charge in [0.2, 0.25) is 0 Å². The first-order valence-electron chi connectivity index (χ1n) is 8.34. The number of nitrogens with one attached hydrogen (secondary N) is 1. The summed E-state index contributed by atoms with van der Waals surface area (Å²) in [6.45, 7) is 4.33. The smallest absolute Gasteiger partial charge is 0.251 e. The molecule has 1 fully saturated rings. The fourth-order valence-electron chi connectivity index (χ4n) is 3.12. The number of likely N-dealkylation sites (tertiary alicyclic amines) is 1. The number of amides is 1. The van der Waals surface area contributed by atoms with Crippen molar-refractivity contribution in [3.8, 4) is 11.1 Å². The van der Waals surface area contributed by atoms with Gasteiger partial charge in [-0.1, -0.05) is 24.6 Å². The molecule has 2 heterocycles. The van der Waals surface area contributed by atoms with Gasteiger partial charge in [-0.15, -0.1) is 0 Å². The molecule has 0 unspecified atom stereocenters. The summed E-state index contributed by atoms with van der Waals surface area (Å²) in [7, 11) is 1.65. The molecule has 1 saturated heterocycles. The van der Waals surface area contributed by atoms with Gasteiger partial charge in [0.1, 0.15) is 0 Å². The lowest BCUT2D eigenvalue weighted by Crippen LogP contribution is -2.32. The van der Waals surface area contributed by atoms with Gasteiger partial charge in [0.15, 0.2) is 0 Å². The van der Waals surface area contributed by atoms with Crippen LogP contribution >= 0.6 is 0 Å². The Kier molecular flexibility index (Phi) is 5.08. The predicted octanol–water partition coefficient (Wildman–Crippen LogP) is 2.40. The summed E-state index contributed by atoms with van der Waals surface area (Å²) in [5.74, 6) is -0.0679. The van der Waals surface area contributed by atoms with E-state index in [1.807, 2.05) is 41.3 Å². The zero-order valence-corrected chi connectivity index (χ0v) is 13.7. The average Bonchev–Trinajstić information content (AvgIpc) is 3.09.